The van der Waals surface area contributed by atoms with E-state index in [1.54, 1.807) is 31.5 Å². The van der Waals surface area contributed by atoms with Crippen molar-refractivity contribution < 1.29 is 17.9 Å². The number of fused-ring (bicyclic) bond motifs is 1. The van der Waals surface area contributed by atoms with Gasteiger partial charge in [0.25, 0.3) is 0 Å². The summed E-state index contributed by atoms with van der Waals surface area (Å²) in [5.74, 6) is 1.03. The minimum Gasteiger partial charge on any atom is -0.490 e. The van der Waals surface area contributed by atoms with Crippen molar-refractivity contribution in [3.63, 3.8) is 0 Å². The summed E-state index contributed by atoms with van der Waals surface area (Å²) in [7, 11) is -3.67. The van der Waals surface area contributed by atoms with Crippen LogP contribution >= 0.6 is 0 Å². The van der Waals surface area contributed by atoms with E-state index in [1.807, 2.05) is 6.07 Å². The molecule has 0 radical (unpaired) electrons. The third-order valence-electron chi connectivity index (χ3n) is 3.55. The molecule has 0 amide bonds. The highest BCUT2D eigenvalue weighted by molar-refractivity contribution is 7.89. The van der Waals surface area contributed by atoms with Crippen LogP contribution in [0.1, 0.15) is 24.9 Å². The number of nitrogens with one attached hydrogen (secondary N) is 1. The number of hydrogen-bond acceptors (Lipinski definition) is 5. The zero-order valence-electron chi connectivity index (χ0n) is 12.7. The van der Waals surface area contributed by atoms with Crippen LogP contribution in [0.4, 0.5) is 0 Å². The number of hydrogen-bond donors (Lipinski definition) is 1. The molecule has 0 aliphatic carbocycles. The second-order valence-corrected chi connectivity index (χ2v) is 7.00. The summed E-state index contributed by atoms with van der Waals surface area (Å²) in [5.41, 5.74) is 0.797. The summed E-state index contributed by atoms with van der Waals surface area (Å²) in [4.78, 5) is 4.16. The Morgan fingerprint density at radius 3 is 2.70 bits per heavy atom. The Morgan fingerprint density at radius 1 is 1.17 bits per heavy atom. The van der Waals surface area contributed by atoms with E-state index in [4.69, 9.17) is 9.47 Å². The van der Waals surface area contributed by atoms with Crippen LogP contribution in [0.2, 0.25) is 0 Å². The van der Waals surface area contributed by atoms with Crippen LogP contribution in [0, 0.1) is 0 Å². The van der Waals surface area contributed by atoms with Gasteiger partial charge in [0.05, 0.1) is 18.1 Å². The molecule has 23 heavy (non-hydrogen) atoms. The highest BCUT2D eigenvalue weighted by atomic mass is 32.2. The Kier molecular flexibility index (Phi) is 4.49. The van der Waals surface area contributed by atoms with E-state index in [1.165, 1.54) is 12.1 Å². The highest BCUT2D eigenvalue weighted by Gasteiger charge is 2.21. The average Bonchev–Trinajstić information content (AvgIpc) is 2.80. The fraction of sp³-hybridized carbons (Fsp3) is 0.312. The fourth-order valence-corrected chi connectivity index (χ4v) is 3.56. The third-order valence-corrected chi connectivity index (χ3v) is 5.08. The Bertz CT molecular complexity index is 778. The molecule has 2 aromatic rings. The van der Waals surface area contributed by atoms with E-state index >= 15 is 0 Å². The summed E-state index contributed by atoms with van der Waals surface area (Å²) in [5, 5.41) is 0. The minimum absolute atomic E-state index is 0.150. The van der Waals surface area contributed by atoms with Crippen molar-refractivity contribution in [2.75, 3.05) is 13.2 Å². The van der Waals surface area contributed by atoms with E-state index in [2.05, 4.69) is 9.71 Å². The minimum atomic E-state index is -3.67. The van der Waals surface area contributed by atoms with Gasteiger partial charge in [-0.15, -0.1) is 0 Å². The molecule has 3 rings (SSSR count). The van der Waals surface area contributed by atoms with Gasteiger partial charge in [0.1, 0.15) is 0 Å². The number of pyridine rings is 1. The smallest absolute Gasteiger partial charge is 0.241 e. The van der Waals surface area contributed by atoms with Crippen molar-refractivity contribution in [3.05, 3.63) is 48.3 Å². The van der Waals surface area contributed by atoms with Gasteiger partial charge in [-0.1, -0.05) is 6.07 Å². The van der Waals surface area contributed by atoms with E-state index < -0.39 is 10.0 Å². The lowest BCUT2D eigenvalue weighted by atomic mass is 10.2. The van der Waals surface area contributed by atoms with Crippen molar-refractivity contribution in [1.82, 2.24) is 9.71 Å². The van der Waals surface area contributed by atoms with Crippen molar-refractivity contribution in [2.45, 2.75) is 24.3 Å². The molecule has 122 valence electrons. The summed E-state index contributed by atoms with van der Waals surface area (Å²) in [6, 6.07) is 7.86. The summed E-state index contributed by atoms with van der Waals surface area (Å²) >= 11 is 0. The number of rotatable bonds is 4. The quantitative estimate of drug-likeness (QED) is 0.928. The molecule has 7 heteroatoms. The first-order valence-corrected chi connectivity index (χ1v) is 8.86. The third kappa shape index (κ3) is 3.62. The van der Waals surface area contributed by atoms with Crippen LogP contribution in [0.5, 0.6) is 11.5 Å². The molecule has 0 saturated heterocycles. The van der Waals surface area contributed by atoms with Gasteiger partial charge in [-0.25, -0.2) is 13.1 Å². The monoisotopic (exact) mass is 334 g/mol. The van der Waals surface area contributed by atoms with Crippen LogP contribution in [-0.4, -0.2) is 26.6 Å². The van der Waals surface area contributed by atoms with Gasteiger partial charge in [-0.2, -0.15) is 0 Å². The predicted molar refractivity (Wildman–Crippen MR) is 85.0 cm³/mol. The molecular formula is C16H18N2O4S. The first-order valence-electron chi connectivity index (χ1n) is 7.38. The SMILES string of the molecule is CC(NS(=O)(=O)c1ccc2c(c1)OCCCO2)c1cccnc1. The van der Waals surface area contributed by atoms with Crippen LogP contribution in [0.15, 0.2) is 47.6 Å². The summed E-state index contributed by atoms with van der Waals surface area (Å²) in [6.07, 6.45) is 4.06. The second kappa shape index (κ2) is 6.55. The maximum absolute atomic E-state index is 12.6. The zero-order chi connectivity index (χ0) is 16.3. The molecule has 1 aliphatic heterocycles. The molecule has 1 unspecified atom stereocenters. The van der Waals surface area contributed by atoms with Crippen LogP contribution in [-0.2, 0) is 10.0 Å². The van der Waals surface area contributed by atoms with E-state index in [-0.39, 0.29) is 10.9 Å². The molecule has 2 heterocycles. The number of aromatic nitrogens is 1. The van der Waals surface area contributed by atoms with Gasteiger partial charge in [0.2, 0.25) is 10.0 Å². The fourth-order valence-electron chi connectivity index (χ4n) is 2.31. The summed E-state index contributed by atoms with van der Waals surface area (Å²) < 4.78 is 38.8. The first-order chi connectivity index (χ1) is 11.1. The van der Waals surface area contributed by atoms with Gasteiger partial charge in [0, 0.05) is 30.9 Å². The Morgan fingerprint density at radius 2 is 1.96 bits per heavy atom. The molecule has 1 aromatic heterocycles. The van der Waals surface area contributed by atoms with Gasteiger partial charge in [-0.3, -0.25) is 4.98 Å². The zero-order valence-corrected chi connectivity index (χ0v) is 13.5. The van der Waals surface area contributed by atoms with Gasteiger partial charge in [0.15, 0.2) is 11.5 Å². The molecule has 0 saturated carbocycles. The van der Waals surface area contributed by atoms with E-state index in [9.17, 15) is 8.42 Å². The van der Waals surface area contributed by atoms with Crippen molar-refractivity contribution in [1.29, 1.82) is 0 Å². The maximum atomic E-state index is 12.6. The molecule has 0 fully saturated rings. The molecule has 1 atom stereocenters. The predicted octanol–water partition coefficient (Wildman–Crippen LogP) is 2.28. The van der Waals surface area contributed by atoms with E-state index in [0.717, 1.165) is 12.0 Å². The van der Waals surface area contributed by atoms with Crippen LogP contribution in [0.25, 0.3) is 0 Å². The molecule has 1 aliphatic rings. The van der Waals surface area contributed by atoms with Crippen molar-refractivity contribution >= 4 is 10.0 Å². The maximum Gasteiger partial charge on any atom is 0.241 e. The largest absolute Gasteiger partial charge is 0.490 e. The number of ether oxygens (including phenoxy) is 2. The lowest BCUT2D eigenvalue weighted by Gasteiger charge is -2.15. The Labute approximate surface area is 135 Å². The topological polar surface area (TPSA) is 77.5 Å². The first kappa shape index (κ1) is 15.8. The molecule has 0 spiro atoms. The number of benzene rings is 1. The van der Waals surface area contributed by atoms with Gasteiger partial charge in [-0.05, 0) is 30.7 Å². The molecule has 1 N–H and O–H groups in total. The van der Waals surface area contributed by atoms with Crippen LogP contribution in [0.3, 0.4) is 0 Å². The lowest BCUT2D eigenvalue weighted by Crippen LogP contribution is -2.27. The van der Waals surface area contributed by atoms with E-state index in [0.29, 0.717) is 24.7 Å². The average molecular weight is 334 g/mol. The van der Waals surface area contributed by atoms with Crippen molar-refractivity contribution in [2.24, 2.45) is 0 Å². The standard InChI is InChI=1S/C16H18N2O4S/c1-12(13-4-2-7-17-11-13)18-23(19,20)14-5-6-15-16(10-14)22-9-3-8-21-15/h2,4-7,10-12,18H,3,8-9H2,1H3. The number of sulfonamides is 1. The Hall–Kier alpha value is -2.12. The van der Waals surface area contributed by atoms with Crippen LogP contribution < -0.4 is 14.2 Å². The lowest BCUT2D eigenvalue weighted by molar-refractivity contribution is 0.297. The Balaban J connectivity index is 1.84. The van der Waals surface area contributed by atoms with Gasteiger partial charge >= 0.3 is 0 Å². The molecular weight excluding hydrogens is 316 g/mol. The molecule has 6 nitrogen and oxygen atoms in total. The van der Waals surface area contributed by atoms with Crippen molar-refractivity contribution in [3.8, 4) is 11.5 Å². The summed E-state index contributed by atoms with van der Waals surface area (Å²) in [6.45, 7) is 2.85. The number of nitrogens with zero attached hydrogens (tertiary/aromatic N) is 1. The van der Waals surface area contributed by atoms with Gasteiger partial charge < -0.3 is 9.47 Å². The highest BCUT2D eigenvalue weighted by Crippen LogP contribution is 2.32. The molecule has 1 aromatic carbocycles. The second-order valence-electron chi connectivity index (χ2n) is 5.29. The molecule has 0 bridgehead atoms. The normalized spacial score (nSPS) is 15.7.